The average molecular weight is 243 g/mol. The molecule has 0 amide bonds. The number of aliphatic hydroxyl groups is 1. The van der Waals surface area contributed by atoms with Gasteiger partial charge >= 0.3 is 0 Å². The number of aliphatic hydroxyl groups excluding tert-OH is 1. The number of rotatable bonds is 1. The van der Waals surface area contributed by atoms with Crippen LogP contribution in [0.3, 0.4) is 0 Å². The van der Waals surface area contributed by atoms with Gasteiger partial charge in [0.1, 0.15) is 0 Å². The summed E-state index contributed by atoms with van der Waals surface area (Å²) in [6, 6.07) is 7.96. The molecule has 3 rings (SSSR count). The molecule has 0 aliphatic carbocycles. The Labute approximate surface area is 106 Å². The number of nitrogens with zero attached hydrogens (tertiary/aromatic N) is 3. The van der Waals surface area contributed by atoms with Gasteiger partial charge < -0.3 is 10.0 Å². The fraction of sp³-hybridized carbons (Fsp3) is 0.429. The first kappa shape index (κ1) is 11.4. The molecule has 4 nitrogen and oxygen atoms in total. The van der Waals surface area contributed by atoms with Crippen molar-refractivity contribution < 1.29 is 5.11 Å². The topological polar surface area (TPSA) is 49.2 Å². The minimum atomic E-state index is -0.283. The third-order valence-electron chi connectivity index (χ3n) is 3.68. The Morgan fingerprint density at radius 2 is 2.17 bits per heavy atom. The molecule has 0 bridgehead atoms. The molecule has 0 spiro atoms. The van der Waals surface area contributed by atoms with E-state index in [2.05, 4.69) is 21.8 Å². The van der Waals surface area contributed by atoms with Gasteiger partial charge in [-0.05, 0) is 18.4 Å². The van der Waals surface area contributed by atoms with E-state index in [0.29, 0.717) is 12.5 Å². The Bertz CT molecular complexity index is 557. The summed E-state index contributed by atoms with van der Waals surface area (Å²) in [5, 5.41) is 11.0. The summed E-state index contributed by atoms with van der Waals surface area (Å²) in [5.41, 5.74) is 0.954. The molecule has 0 saturated carbocycles. The minimum absolute atomic E-state index is 0.283. The van der Waals surface area contributed by atoms with Gasteiger partial charge in [-0.2, -0.15) is 0 Å². The van der Waals surface area contributed by atoms with Gasteiger partial charge in [0, 0.05) is 24.7 Å². The number of piperidine rings is 1. The second-order valence-electron chi connectivity index (χ2n) is 5.01. The molecule has 1 aliphatic heterocycles. The molecule has 2 heterocycles. The van der Waals surface area contributed by atoms with Gasteiger partial charge in [0.05, 0.1) is 11.6 Å². The Morgan fingerprint density at radius 1 is 1.33 bits per heavy atom. The molecule has 1 aromatic heterocycles. The smallest absolute Gasteiger partial charge is 0.225 e. The zero-order valence-electron chi connectivity index (χ0n) is 10.5. The van der Waals surface area contributed by atoms with Crippen LogP contribution in [0.15, 0.2) is 30.5 Å². The summed E-state index contributed by atoms with van der Waals surface area (Å²) in [7, 11) is 0. The van der Waals surface area contributed by atoms with Crippen LogP contribution >= 0.6 is 0 Å². The number of fused-ring (bicyclic) bond motifs is 1. The Morgan fingerprint density at radius 3 is 3.00 bits per heavy atom. The van der Waals surface area contributed by atoms with E-state index in [-0.39, 0.29) is 6.10 Å². The molecular formula is C14H17N3O. The molecule has 1 aliphatic rings. The lowest BCUT2D eigenvalue weighted by Gasteiger charge is -2.34. The first-order chi connectivity index (χ1) is 8.74. The maximum Gasteiger partial charge on any atom is 0.225 e. The molecule has 4 heteroatoms. The quantitative estimate of drug-likeness (QED) is 0.830. The summed E-state index contributed by atoms with van der Waals surface area (Å²) in [4.78, 5) is 11.0. The maximum atomic E-state index is 9.93. The van der Waals surface area contributed by atoms with Gasteiger partial charge in [0.2, 0.25) is 5.95 Å². The summed E-state index contributed by atoms with van der Waals surface area (Å²) < 4.78 is 0. The Balaban J connectivity index is 1.90. The summed E-state index contributed by atoms with van der Waals surface area (Å²) in [6.07, 6.45) is 2.55. The fourth-order valence-electron chi connectivity index (χ4n) is 2.35. The molecule has 2 aromatic rings. The number of para-hydroxylation sites is 1. The zero-order chi connectivity index (χ0) is 12.5. The van der Waals surface area contributed by atoms with Crippen LogP contribution < -0.4 is 4.90 Å². The molecule has 2 atom stereocenters. The summed E-state index contributed by atoms with van der Waals surface area (Å²) >= 11 is 0. The molecule has 1 aromatic carbocycles. The van der Waals surface area contributed by atoms with Crippen LogP contribution in [0.1, 0.15) is 13.3 Å². The highest BCUT2D eigenvalue weighted by atomic mass is 16.3. The maximum absolute atomic E-state index is 9.93. The standard InChI is InChI=1S/C14H17N3O/c1-10-6-7-17(9-13(10)18)14-15-8-11-4-2-3-5-12(11)16-14/h2-5,8,10,13,18H,6-7,9H2,1H3. The lowest BCUT2D eigenvalue weighted by atomic mass is 9.96. The van der Waals surface area contributed by atoms with Crippen LogP contribution in [0.5, 0.6) is 0 Å². The largest absolute Gasteiger partial charge is 0.391 e. The molecular weight excluding hydrogens is 226 g/mol. The molecule has 18 heavy (non-hydrogen) atoms. The van der Waals surface area contributed by atoms with Crippen molar-refractivity contribution >= 4 is 16.9 Å². The Hall–Kier alpha value is -1.68. The molecule has 1 fully saturated rings. The van der Waals surface area contributed by atoms with Crippen LogP contribution in [-0.4, -0.2) is 34.3 Å². The van der Waals surface area contributed by atoms with E-state index >= 15 is 0 Å². The monoisotopic (exact) mass is 243 g/mol. The highest BCUT2D eigenvalue weighted by molar-refractivity contribution is 5.78. The number of anilines is 1. The van der Waals surface area contributed by atoms with E-state index in [1.165, 1.54) is 0 Å². The van der Waals surface area contributed by atoms with Crippen molar-refractivity contribution in [2.24, 2.45) is 5.92 Å². The normalized spacial score (nSPS) is 24.4. The highest BCUT2D eigenvalue weighted by Crippen LogP contribution is 2.21. The third-order valence-corrected chi connectivity index (χ3v) is 3.68. The Kier molecular flexibility index (Phi) is 2.88. The molecule has 94 valence electrons. The predicted molar refractivity (Wildman–Crippen MR) is 71.5 cm³/mol. The van der Waals surface area contributed by atoms with Gasteiger partial charge in [0.25, 0.3) is 0 Å². The van der Waals surface area contributed by atoms with Gasteiger partial charge in [-0.25, -0.2) is 9.97 Å². The first-order valence-electron chi connectivity index (χ1n) is 6.39. The van der Waals surface area contributed by atoms with E-state index in [1.807, 2.05) is 30.5 Å². The van der Waals surface area contributed by atoms with Crippen LogP contribution in [0, 0.1) is 5.92 Å². The van der Waals surface area contributed by atoms with Gasteiger partial charge in [0.15, 0.2) is 0 Å². The van der Waals surface area contributed by atoms with E-state index in [9.17, 15) is 5.11 Å². The predicted octanol–water partition coefficient (Wildman–Crippen LogP) is 1.84. The van der Waals surface area contributed by atoms with Crippen molar-refractivity contribution in [2.45, 2.75) is 19.4 Å². The van der Waals surface area contributed by atoms with Crippen molar-refractivity contribution in [3.8, 4) is 0 Å². The van der Waals surface area contributed by atoms with Crippen LogP contribution in [0.25, 0.3) is 10.9 Å². The SMILES string of the molecule is CC1CCN(c2ncc3ccccc3n2)CC1O. The lowest BCUT2D eigenvalue weighted by molar-refractivity contribution is 0.102. The molecule has 2 unspecified atom stereocenters. The minimum Gasteiger partial charge on any atom is -0.391 e. The number of β-amino-alcohol motifs (C(OH)–C–C–N with tert-alkyl or cyclic N) is 1. The van der Waals surface area contributed by atoms with Crippen molar-refractivity contribution in [1.82, 2.24) is 9.97 Å². The zero-order valence-corrected chi connectivity index (χ0v) is 10.5. The van der Waals surface area contributed by atoms with E-state index < -0.39 is 0 Å². The van der Waals surface area contributed by atoms with Gasteiger partial charge in [-0.15, -0.1) is 0 Å². The fourth-order valence-corrected chi connectivity index (χ4v) is 2.35. The van der Waals surface area contributed by atoms with Crippen LogP contribution in [-0.2, 0) is 0 Å². The second kappa shape index (κ2) is 4.53. The van der Waals surface area contributed by atoms with E-state index in [4.69, 9.17) is 0 Å². The van der Waals surface area contributed by atoms with Gasteiger partial charge in [-0.1, -0.05) is 25.1 Å². The lowest BCUT2D eigenvalue weighted by Crippen LogP contribution is -2.43. The van der Waals surface area contributed by atoms with E-state index in [1.54, 1.807) is 0 Å². The average Bonchev–Trinajstić information content (AvgIpc) is 2.41. The van der Waals surface area contributed by atoms with Crippen molar-refractivity contribution in [3.63, 3.8) is 0 Å². The summed E-state index contributed by atoms with van der Waals surface area (Å²) in [6.45, 7) is 3.62. The van der Waals surface area contributed by atoms with Crippen LogP contribution in [0.4, 0.5) is 5.95 Å². The highest BCUT2D eigenvalue weighted by Gasteiger charge is 2.25. The van der Waals surface area contributed by atoms with Crippen molar-refractivity contribution in [3.05, 3.63) is 30.5 Å². The first-order valence-corrected chi connectivity index (χ1v) is 6.39. The summed E-state index contributed by atoms with van der Waals surface area (Å²) in [5.74, 6) is 1.08. The third kappa shape index (κ3) is 2.04. The van der Waals surface area contributed by atoms with Crippen LogP contribution in [0.2, 0.25) is 0 Å². The van der Waals surface area contributed by atoms with E-state index in [0.717, 1.165) is 29.8 Å². The second-order valence-corrected chi connectivity index (χ2v) is 5.01. The molecule has 0 radical (unpaired) electrons. The number of hydrogen-bond acceptors (Lipinski definition) is 4. The molecule has 1 N–H and O–H groups in total. The molecule has 1 saturated heterocycles. The number of aromatic nitrogens is 2. The van der Waals surface area contributed by atoms with Crippen molar-refractivity contribution in [2.75, 3.05) is 18.0 Å². The van der Waals surface area contributed by atoms with Crippen molar-refractivity contribution in [1.29, 1.82) is 0 Å². The number of benzene rings is 1. The number of hydrogen-bond donors (Lipinski definition) is 1. The van der Waals surface area contributed by atoms with Gasteiger partial charge in [-0.3, -0.25) is 0 Å².